The van der Waals surface area contributed by atoms with Gasteiger partial charge in [0.1, 0.15) is 5.69 Å². The van der Waals surface area contributed by atoms with Crippen LogP contribution in [0.3, 0.4) is 0 Å². The molecule has 1 saturated heterocycles. The highest BCUT2D eigenvalue weighted by Crippen LogP contribution is 2.29. The largest absolute Gasteiger partial charge is 0.363 e. The number of carbonyl (C=O) groups is 1. The zero-order valence-electron chi connectivity index (χ0n) is 16.2. The van der Waals surface area contributed by atoms with Crippen LogP contribution in [0.2, 0.25) is 5.02 Å². The van der Waals surface area contributed by atoms with Gasteiger partial charge in [-0.3, -0.25) is 29.9 Å². The first-order valence-electron chi connectivity index (χ1n) is 9.25. The van der Waals surface area contributed by atoms with Crippen molar-refractivity contribution in [1.82, 2.24) is 4.90 Å². The summed E-state index contributed by atoms with van der Waals surface area (Å²) in [6, 6.07) is 9.99. The van der Waals surface area contributed by atoms with Gasteiger partial charge in [0.2, 0.25) is 5.91 Å². The van der Waals surface area contributed by atoms with E-state index in [1.165, 1.54) is 24.3 Å². The molecule has 30 heavy (non-hydrogen) atoms. The van der Waals surface area contributed by atoms with Crippen LogP contribution in [0, 0.1) is 20.2 Å². The van der Waals surface area contributed by atoms with Crippen molar-refractivity contribution in [1.29, 1.82) is 0 Å². The van der Waals surface area contributed by atoms with Gasteiger partial charge >= 0.3 is 0 Å². The molecule has 0 spiro atoms. The number of halogens is 1. The Kier molecular flexibility index (Phi) is 6.48. The molecule has 1 N–H and O–H groups in total. The maximum Gasteiger partial charge on any atom is 0.292 e. The highest BCUT2D eigenvalue weighted by Gasteiger charge is 2.28. The average molecular weight is 434 g/mol. The Morgan fingerprint density at radius 3 is 2.33 bits per heavy atom. The number of nitrogens with zero attached hydrogens (tertiary/aromatic N) is 4. The lowest BCUT2D eigenvalue weighted by atomic mass is 10.1. The zero-order valence-corrected chi connectivity index (χ0v) is 16.9. The quantitative estimate of drug-likeness (QED) is 0.547. The number of para-hydroxylation sites is 2. The molecule has 0 unspecified atom stereocenters. The summed E-state index contributed by atoms with van der Waals surface area (Å²) in [7, 11) is 0. The van der Waals surface area contributed by atoms with Crippen molar-refractivity contribution in [2.75, 3.05) is 36.4 Å². The van der Waals surface area contributed by atoms with Gasteiger partial charge in [-0.05, 0) is 19.1 Å². The molecule has 0 aliphatic carbocycles. The Labute approximate surface area is 177 Å². The molecule has 2 aromatic rings. The molecule has 11 heteroatoms. The third kappa shape index (κ3) is 4.66. The molecule has 0 radical (unpaired) electrons. The van der Waals surface area contributed by atoms with E-state index in [9.17, 15) is 25.0 Å². The Balaban J connectivity index is 1.61. The van der Waals surface area contributed by atoms with Gasteiger partial charge in [-0.25, -0.2) is 0 Å². The number of hydrogen-bond donors (Lipinski definition) is 1. The number of anilines is 2. The molecule has 3 rings (SSSR count). The van der Waals surface area contributed by atoms with E-state index < -0.39 is 15.9 Å². The van der Waals surface area contributed by atoms with E-state index >= 15 is 0 Å². The maximum absolute atomic E-state index is 12.6. The Bertz CT molecular complexity index is 978. The molecule has 158 valence electrons. The van der Waals surface area contributed by atoms with Crippen molar-refractivity contribution in [2.45, 2.75) is 13.0 Å². The predicted octanol–water partition coefficient (Wildman–Crippen LogP) is 3.31. The lowest BCUT2D eigenvalue weighted by Gasteiger charge is -2.38. The lowest BCUT2D eigenvalue weighted by molar-refractivity contribution is -0.384. The van der Waals surface area contributed by atoms with Crippen LogP contribution in [0.15, 0.2) is 42.5 Å². The van der Waals surface area contributed by atoms with Gasteiger partial charge in [0.05, 0.1) is 26.6 Å². The van der Waals surface area contributed by atoms with Crippen LogP contribution in [0.1, 0.15) is 6.92 Å². The van der Waals surface area contributed by atoms with Gasteiger partial charge < -0.3 is 10.2 Å². The fourth-order valence-electron chi connectivity index (χ4n) is 3.36. The monoisotopic (exact) mass is 433 g/mol. The molecule has 1 aliphatic heterocycles. The molecule has 1 fully saturated rings. The van der Waals surface area contributed by atoms with E-state index in [1.807, 2.05) is 9.80 Å². The minimum atomic E-state index is -0.559. The molecular weight excluding hydrogens is 414 g/mol. The topological polar surface area (TPSA) is 122 Å². The number of benzene rings is 2. The number of amides is 1. The number of carbonyl (C=O) groups excluding carboxylic acids is 1. The smallest absolute Gasteiger partial charge is 0.292 e. The van der Waals surface area contributed by atoms with E-state index in [4.69, 9.17) is 11.6 Å². The summed E-state index contributed by atoms with van der Waals surface area (Å²) in [4.78, 5) is 37.6. The number of nitro benzene ring substituents is 2. The van der Waals surface area contributed by atoms with Crippen LogP contribution in [-0.4, -0.2) is 52.9 Å². The van der Waals surface area contributed by atoms with Crippen LogP contribution >= 0.6 is 11.6 Å². The van der Waals surface area contributed by atoms with Crippen molar-refractivity contribution in [2.24, 2.45) is 0 Å². The summed E-state index contributed by atoms with van der Waals surface area (Å²) in [6.45, 7) is 3.94. The van der Waals surface area contributed by atoms with E-state index in [2.05, 4.69) is 5.32 Å². The highest BCUT2D eigenvalue weighted by atomic mass is 35.5. The Hall–Kier alpha value is -3.24. The minimum absolute atomic E-state index is 0.0598. The number of nitro groups is 2. The SMILES string of the molecule is C[C@@H](C(=O)Nc1ccc([N+](=O)[O-])cc1Cl)N1CCN(c2ccccc2[N+](=O)[O-])CC1. The predicted molar refractivity (Wildman–Crippen MR) is 113 cm³/mol. The van der Waals surface area contributed by atoms with E-state index in [-0.39, 0.29) is 22.3 Å². The van der Waals surface area contributed by atoms with Gasteiger partial charge in [-0.2, -0.15) is 0 Å². The van der Waals surface area contributed by atoms with Crippen LogP contribution in [0.4, 0.5) is 22.7 Å². The van der Waals surface area contributed by atoms with Crippen molar-refractivity contribution in [3.8, 4) is 0 Å². The standard InChI is InChI=1S/C19H20ClN5O5/c1-13(19(26)21-16-7-6-14(24(27)28)12-15(16)20)22-8-10-23(11-9-22)17-4-2-3-5-18(17)25(29)30/h2-7,12-13H,8-11H2,1H3,(H,21,26)/t13-/m0/s1. The summed E-state index contributed by atoms with van der Waals surface area (Å²) >= 11 is 6.04. The fraction of sp³-hybridized carbons (Fsp3) is 0.316. The first-order valence-corrected chi connectivity index (χ1v) is 9.63. The van der Waals surface area contributed by atoms with Gasteiger partial charge in [0.25, 0.3) is 11.4 Å². The molecule has 0 aromatic heterocycles. The molecule has 0 saturated carbocycles. The van der Waals surface area contributed by atoms with Crippen molar-refractivity contribution in [3.63, 3.8) is 0 Å². The number of nitrogens with one attached hydrogen (secondary N) is 1. The lowest BCUT2D eigenvalue weighted by Crippen LogP contribution is -2.53. The molecule has 0 bridgehead atoms. The summed E-state index contributed by atoms with van der Waals surface area (Å²) in [5, 5.41) is 24.8. The van der Waals surface area contributed by atoms with E-state index in [0.717, 1.165) is 0 Å². The maximum atomic E-state index is 12.6. The molecule has 1 heterocycles. The molecule has 1 atom stereocenters. The third-order valence-corrected chi connectivity index (χ3v) is 5.39. The average Bonchev–Trinajstić information content (AvgIpc) is 2.74. The fourth-order valence-corrected chi connectivity index (χ4v) is 3.58. The first-order chi connectivity index (χ1) is 14.3. The van der Waals surface area contributed by atoms with Gasteiger partial charge in [0.15, 0.2) is 0 Å². The van der Waals surface area contributed by atoms with Crippen LogP contribution < -0.4 is 10.2 Å². The molecule has 2 aromatic carbocycles. The normalized spacial score (nSPS) is 15.5. The number of hydrogen-bond acceptors (Lipinski definition) is 7. The first kappa shape index (κ1) is 21.5. The summed E-state index contributed by atoms with van der Waals surface area (Å²) < 4.78 is 0. The molecule has 1 amide bonds. The van der Waals surface area contributed by atoms with Gasteiger partial charge in [-0.1, -0.05) is 23.7 Å². The second-order valence-electron chi connectivity index (χ2n) is 6.86. The van der Waals surface area contributed by atoms with Gasteiger partial charge in [-0.15, -0.1) is 0 Å². The van der Waals surface area contributed by atoms with Crippen LogP contribution in [-0.2, 0) is 4.79 Å². The minimum Gasteiger partial charge on any atom is -0.363 e. The second-order valence-corrected chi connectivity index (χ2v) is 7.26. The molecular formula is C19H20ClN5O5. The third-order valence-electron chi connectivity index (χ3n) is 5.08. The van der Waals surface area contributed by atoms with Crippen molar-refractivity contribution >= 4 is 40.3 Å². The molecule has 10 nitrogen and oxygen atoms in total. The molecule has 1 aliphatic rings. The van der Waals surface area contributed by atoms with Gasteiger partial charge in [0, 0.05) is 44.4 Å². The number of rotatable bonds is 6. The number of piperazine rings is 1. The Morgan fingerprint density at radius 2 is 1.73 bits per heavy atom. The second kappa shape index (κ2) is 9.06. The Morgan fingerprint density at radius 1 is 1.07 bits per heavy atom. The van der Waals surface area contributed by atoms with E-state index in [0.29, 0.717) is 37.6 Å². The summed E-state index contributed by atoms with van der Waals surface area (Å²) in [5.41, 5.74) is 0.774. The van der Waals surface area contributed by atoms with Crippen LogP contribution in [0.5, 0.6) is 0 Å². The van der Waals surface area contributed by atoms with Crippen LogP contribution in [0.25, 0.3) is 0 Å². The summed E-state index contributed by atoms with van der Waals surface area (Å²) in [5.74, 6) is -0.287. The highest BCUT2D eigenvalue weighted by molar-refractivity contribution is 6.34. The van der Waals surface area contributed by atoms with Crippen molar-refractivity contribution < 1.29 is 14.6 Å². The summed E-state index contributed by atoms with van der Waals surface area (Å²) in [6.07, 6.45) is 0. The van der Waals surface area contributed by atoms with Crippen molar-refractivity contribution in [3.05, 3.63) is 67.7 Å². The number of non-ortho nitro benzene ring substituents is 1. The van der Waals surface area contributed by atoms with E-state index in [1.54, 1.807) is 25.1 Å². The zero-order chi connectivity index (χ0) is 21.8.